The van der Waals surface area contributed by atoms with E-state index in [0.717, 1.165) is 0 Å². The Hall–Kier alpha value is -1.70. The van der Waals surface area contributed by atoms with Crippen molar-refractivity contribution in [1.29, 1.82) is 0 Å². The Morgan fingerprint density at radius 2 is 2.14 bits per heavy atom. The van der Waals surface area contributed by atoms with Gasteiger partial charge in [0.2, 0.25) is 0 Å². The number of ether oxygens (including phenoxy) is 1. The highest BCUT2D eigenvalue weighted by Crippen LogP contribution is 2.64. The summed E-state index contributed by atoms with van der Waals surface area (Å²) in [6.45, 7) is -0.258. The molecule has 8 heteroatoms. The molecule has 1 aliphatic heterocycles. The first kappa shape index (κ1) is 15.2. The van der Waals surface area contributed by atoms with Gasteiger partial charge in [-0.05, 0) is 17.7 Å². The molecule has 1 aromatic rings. The van der Waals surface area contributed by atoms with Crippen molar-refractivity contribution in [2.75, 3.05) is 6.61 Å². The van der Waals surface area contributed by atoms with Crippen LogP contribution < -0.4 is 5.73 Å². The number of fused-ring (bicyclic) bond motifs is 1. The summed E-state index contributed by atoms with van der Waals surface area (Å²) >= 11 is 5.71. The molecule has 1 heterocycles. The fraction of sp³-hybridized carbons (Fsp3) is 0.429. The Kier molecular flexibility index (Phi) is 3.21. The molecular weight excluding hydrogens is 317 g/mol. The van der Waals surface area contributed by atoms with Crippen molar-refractivity contribution in [2.24, 2.45) is 17.6 Å². The first-order valence-corrected chi connectivity index (χ1v) is 6.93. The third-order valence-electron chi connectivity index (χ3n) is 4.54. The number of hydrogen-bond donors (Lipinski definition) is 3. The summed E-state index contributed by atoms with van der Waals surface area (Å²) in [4.78, 5) is 22.7. The molecule has 0 amide bonds. The van der Waals surface area contributed by atoms with Gasteiger partial charge in [-0.1, -0.05) is 17.7 Å². The van der Waals surface area contributed by atoms with E-state index >= 15 is 0 Å². The van der Waals surface area contributed by atoms with E-state index in [1.165, 1.54) is 18.2 Å². The third-order valence-corrected chi connectivity index (χ3v) is 4.83. The van der Waals surface area contributed by atoms with E-state index < -0.39 is 40.7 Å². The number of halogens is 2. The molecule has 1 saturated heterocycles. The van der Waals surface area contributed by atoms with Crippen LogP contribution >= 0.6 is 11.6 Å². The molecule has 2 fully saturated rings. The lowest BCUT2D eigenvalue weighted by Gasteiger charge is -2.19. The van der Waals surface area contributed by atoms with Gasteiger partial charge in [0.05, 0.1) is 23.1 Å². The SMILES string of the molecule is NC1(C(=O)O)COC2(Cc3ccc(F)c(Cl)c3)C(C(=O)O)C12. The van der Waals surface area contributed by atoms with Gasteiger partial charge in [-0.2, -0.15) is 0 Å². The number of carboxylic acids is 2. The highest BCUT2D eigenvalue weighted by molar-refractivity contribution is 6.30. The molecule has 4 unspecified atom stereocenters. The maximum atomic E-state index is 13.2. The van der Waals surface area contributed by atoms with E-state index in [-0.39, 0.29) is 18.1 Å². The second-order valence-electron chi connectivity index (χ2n) is 5.81. The Balaban J connectivity index is 1.93. The zero-order valence-corrected chi connectivity index (χ0v) is 12.0. The quantitative estimate of drug-likeness (QED) is 0.757. The van der Waals surface area contributed by atoms with E-state index in [1.54, 1.807) is 0 Å². The van der Waals surface area contributed by atoms with Gasteiger partial charge in [0.25, 0.3) is 0 Å². The average Bonchev–Trinajstić information content (AvgIpc) is 3.01. The fourth-order valence-electron chi connectivity index (χ4n) is 3.46. The summed E-state index contributed by atoms with van der Waals surface area (Å²) in [6.07, 6.45) is 0.112. The van der Waals surface area contributed by atoms with Gasteiger partial charge in [0, 0.05) is 12.3 Å². The number of benzene rings is 1. The minimum Gasteiger partial charge on any atom is -0.481 e. The first-order valence-electron chi connectivity index (χ1n) is 6.55. The van der Waals surface area contributed by atoms with Gasteiger partial charge in [-0.25, -0.2) is 4.39 Å². The Bertz CT molecular complexity index is 683. The van der Waals surface area contributed by atoms with Crippen LogP contribution in [0.1, 0.15) is 5.56 Å². The Morgan fingerprint density at radius 3 is 2.68 bits per heavy atom. The topological polar surface area (TPSA) is 110 Å². The van der Waals surface area contributed by atoms with Crippen LogP contribution in [0, 0.1) is 17.7 Å². The summed E-state index contributed by atoms with van der Waals surface area (Å²) in [5, 5.41) is 18.5. The summed E-state index contributed by atoms with van der Waals surface area (Å²) in [6, 6.07) is 4.01. The molecule has 0 spiro atoms. The van der Waals surface area contributed by atoms with Gasteiger partial charge in [0.1, 0.15) is 11.4 Å². The molecule has 3 rings (SSSR count). The molecule has 1 aromatic carbocycles. The Morgan fingerprint density at radius 1 is 1.45 bits per heavy atom. The van der Waals surface area contributed by atoms with Crippen molar-refractivity contribution in [2.45, 2.75) is 17.6 Å². The largest absolute Gasteiger partial charge is 0.481 e. The van der Waals surface area contributed by atoms with Crippen molar-refractivity contribution in [3.8, 4) is 0 Å². The van der Waals surface area contributed by atoms with Gasteiger partial charge in [0.15, 0.2) is 0 Å². The summed E-state index contributed by atoms with van der Waals surface area (Å²) in [5.41, 5.74) is 3.49. The monoisotopic (exact) mass is 329 g/mol. The van der Waals surface area contributed by atoms with E-state index in [9.17, 15) is 24.2 Å². The highest BCUT2D eigenvalue weighted by atomic mass is 35.5. The average molecular weight is 330 g/mol. The number of nitrogens with two attached hydrogens (primary N) is 1. The molecule has 0 aromatic heterocycles. The maximum Gasteiger partial charge on any atom is 0.326 e. The molecule has 0 radical (unpaired) electrons. The normalized spacial score (nSPS) is 36.0. The van der Waals surface area contributed by atoms with Crippen LogP contribution in [0.3, 0.4) is 0 Å². The molecular formula is C14H13ClFNO5. The standard InChI is InChI=1S/C14H13ClFNO5/c15-7-3-6(1-2-8(7)16)4-14-9(11(18)19)10(14)13(17,5-22-14)12(20)21/h1-3,9-10H,4-5,17H2,(H,18,19)(H,20,21). The lowest BCUT2D eigenvalue weighted by molar-refractivity contribution is -0.147. The molecule has 4 atom stereocenters. The second-order valence-corrected chi connectivity index (χ2v) is 6.22. The van der Waals surface area contributed by atoms with Crippen LogP contribution in [0.5, 0.6) is 0 Å². The zero-order valence-electron chi connectivity index (χ0n) is 11.3. The van der Waals surface area contributed by atoms with E-state index in [0.29, 0.717) is 5.56 Å². The van der Waals surface area contributed by atoms with Crippen molar-refractivity contribution >= 4 is 23.5 Å². The van der Waals surface area contributed by atoms with Crippen LogP contribution in [-0.2, 0) is 20.7 Å². The number of aliphatic carboxylic acids is 2. The fourth-order valence-corrected chi connectivity index (χ4v) is 3.66. The lowest BCUT2D eigenvalue weighted by atomic mass is 9.93. The molecule has 4 N–H and O–H groups in total. The summed E-state index contributed by atoms with van der Waals surface area (Å²) in [5.74, 6) is -4.88. The first-order chi connectivity index (χ1) is 10.2. The van der Waals surface area contributed by atoms with E-state index in [4.69, 9.17) is 22.1 Å². The molecule has 22 heavy (non-hydrogen) atoms. The molecule has 6 nitrogen and oxygen atoms in total. The van der Waals surface area contributed by atoms with Crippen LogP contribution in [0.25, 0.3) is 0 Å². The van der Waals surface area contributed by atoms with Gasteiger partial charge >= 0.3 is 11.9 Å². The van der Waals surface area contributed by atoms with Gasteiger partial charge in [-0.3, -0.25) is 9.59 Å². The van der Waals surface area contributed by atoms with Crippen molar-refractivity contribution in [3.05, 3.63) is 34.6 Å². The van der Waals surface area contributed by atoms with E-state index in [2.05, 4.69) is 0 Å². The Labute approximate surface area is 129 Å². The van der Waals surface area contributed by atoms with Crippen LogP contribution in [0.15, 0.2) is 18.2 Å². The zero-order chi connectivity index (χ0) is 16.3. The number of carbonyl (C=O) groups is 2. The molecule has 118 valence electrons. The molecule has 0 bridgehead atoms. The molecule has 1 saturated carbocycles. The minimum atomic E-state index is -1.73. The predicted octanol–water partition coefficient (Wildman–Crippen LogP) is 0.903. The van der Waals surface area contributed by atoms with Crippen molar-refractivity contribution in [3.63, 3.8) is 0 Å². The van der Waals surface area contributed by atoms with Crippen LogP contribution in [-0.4, -0.2) is 39.9 Å². The summed E-state index contributed by atoms with van der Waals surface area (Å²) in [7, 11) is 0. The number of hydrogen-bond acceptors (Lipinski definition) is 4. The van der Waals surface area contributed by atoms with Gasteiger partial charge in [-0.15, -0.1) is 0 Å². The van der Waals surface area contributed by atoms with E-state index in [1.807, 2.05) is 0 Å². The number of rotatable bonds is 4. The van der Waals surface area contributed by atoms with Crippen LogP contribution in [0.2, 0.25) is 5.02 Å². The van der Waals surface area contributed by atoms with Gasteiger partial charge < -0.3 is 20.7 Å². The van der Waals surface area contributed by atoms with Crippen LogP contribution in [0.4, 0.5) is 4.39 Å². The van der Waals surface area contributed by atoms with Crippen molar-refractivity contribution < 1.29 is 28.9 Å². The van der Waals surface area contributed by atoms with Crippen molar-refractivity contribution in [1.82, 2.24) is 0 Å². The third kappa shape index (κ3) is 1.93. The highest BCUT2D eigenvalue weighted by Gasteiger charge is 2.81. The summed E-state index contributed by atoms with van der Waals surface area (Å²) < 4.78 is 18.7. The second kappa shape index (κ2) is 4.65. The predicted molar refractivity (Wildman–Crippen MR) is 73.0 cm³/mol. The lowest BCUT2D eigenvalue weighted by Crippen LogP contribution is -2.52. The molecule has 1 aliphatic carbocycles. The number of carboxylic acid groups (broad SMARTS) is 2. The maximum absolute atomic E-state index is 13.2. The smallest absolute Gasteiger partial charge is 0.326 e. The minimum absolute atomic E-state index is 0.0896. The molecule has 2 aliphatic rings.